The Bertz CT molecular complexity index is 806. The summed E-state index contributed by atoms with van der Waals surface area (Å²) in [5.41, 5.74) is 2.42. The van der Waals surface area contributed by atoms with Crippen molar-refractivity contribution in [2.75, 3.05) is 20.2 Å². The molecule has 1 N–H and O–H groups in total. The number of rotatable bonds is 4. The number of aryl methyl sites for hydroxylation is 1. The van der Waals surface area contributed by atoms with E-state index < -0.39 is 11.9 Å². The van der Waals surface area contributed by atoms with Gasteiger partial charge in [0.1, 0.15) is 5.75 Å². The summed E-state index contributed by atoms with van der Waals surface area (Å²) in [4.78, 5) is 30.1. The van der Waals surface area contributed by atoms with Crippen LogP contribution in [0.5, 0.6) is 5.75 Å². The number of aliphatic carboxylic acids is 1. The van der Waals surface area contributed by atoms with E-state index in [1.807, 2.05) is 31.2 Å². The number of aromatic nitrogens is 1. The van der Waals surface area contributed by atoms with Crippen LogP contribution >= 0.6 is 0 Å². The molecule has 1 aromatic carbocycles. The van der Waals surface area contributed by atoms with Crippen molar-refractivity contribution in [2.24, 2.45) is 5.92 Å². The first-order valence-corrected chi connectivity index (χ1v) is 8.07. The number of methoxy groups -OCH3 is 1. The molecule has 130 valence electrons. The van der Waals surface area contributed by atoms with Crippen molar-refractivity contribution in [1.82, 2.24) is 9.88 Å². The Hall–Kier alpha value is -2.89. The minimum absolute atomic E-state index is 0.185. The molecular formula is C19H20N2O4. The molecule has 0 spiro atoms. The summed E-state index contributed by atoms with van der Waals surface area (Å²) in [5.74, 6) is -1.46. The number of carbonyl (C=O) groups is 2. The fraction of sp³-hybridized carbons (Fsp3) is 0.316. The lowest BCUT2D eigenvalue weighted by atomic mass is 9.88. The SMILES string of the molecule is COc1cncc(C(=O)N2C[C@H](C(=O)O)[C@@H](c3cccc(C)c3)C2)c1. The summed E-state index contributed by atoms with van der Waals surface area (Å²) in [5, 5.41) is 9.60. The number of hydrogen-bond acceptors (Lipinski definition) is 4. The molecule has 0 radical (unpaired) electrons. The van der Waals surface area contributed by atoms with E-state index in [1.54, 1.807) is 11.0 Å². The number of nitrogens with zero attached hydrogens (tertiary/aromatic N) is 2. The lowest BCUT2D eigenvalue weighted by molar-refractivity contribution is -0.141. The molecule has 1 aliphatic heterocycles. The van der Waals surface area contributed by atoms with E-state index in [4.69, 9.17) is 4.74 Å². The first kappa shape index (κ1) is 17.0. The Balaban J connectivity index is 1.86. The van der Waals surface area contributed by atoms with E-state index in [1.165, 1.54) is 19.5 Å². The molecular weight excluding hydrogens is 320 g/mol. The Morgan fingerprint density at radius 1 is 1.24 bits per heavy atom. The van der Waals surface area contributed by atoms with E-state index in [-0.39, 0.29) is 18.4 Å². The molecule has 0 bridgehead atoms. The predicted molar refractivity (Wildman–Crippen MR) is 91.7 cm³/mol. The predicted octanol–water partition coefficient (Wildman–Crippen LogP) is 2.34. The van der Waals surface area contributed by atoms with Crippen LogP contribution in [-0.4, -0.2) is 47.1 Å². The smallest absolute Gasteiger partial charge is 0.308 e. The third-order valence-corrected chi connectivity index (χ3v) is 4.59. The third kappa shape index (κ3) is 3.47. The minimum atomic E-state index is -0.884. The lowest BCUT2D eigenvalue weighted by Gasteiger charge is -2.17. The molecule has 0 unspecified atom stereocenters. The van der Waals surface area contributed by atoms with E-state index in [0.717, 1.165) is 11.1 Å². The maximum atomic E-state index is 12.8. The number of carboxylic acid groups (broad SMARTS) is 1. The van der Waals surface area contributed by atoms with Crippen LogP contribution in [-0.2, 0) is 4.79 Å². The van der Waals surface area contributed by atoms with Gasteiger partial charge in [-0.1, -0.05) is 29.8 Å². The fourth-order valence-corrected chi connectivity index (χ4v) is 3.29. The number of carbonyl (C=O) groups excluding carboxylic acids is 1. The number of benzene rings is 1. The Kier molecular flexibility index (Phi) is 4.70. The topological polar surface area (TPSA) is 79.7 Å². The first-order chi connectivity index (χ1) is 12.0. The summed E-state index contributed by atoms with van der Waals surface area (Å²) in [6.45, 7) is 2.53. The highest BCUT2D eigenvalue weighted by Gasteiger charge is 2.40. The largest absolute Gasteiger partial charge is 0.495 e. The van der Waals surface area contributed by atoms with Crippen molar-refractivity contribution in [3.63, 3.8) is 0 Å². The second kappa shape index (κ2) is 6.93. The molecule has 2 atom stereocenters. The summed E-state index contributed by atoms with van der Waals surface area (Å²) in [6, 6.07) is 9.42. The van der Waals surface area contributed by atoms with Gasteiger partial charge in [0.25, 0.3) is 5.91 Å². The van der Waals surface area contributed by atoms with Crippen molar-refractivity contribution in [3.8, 4) is 5.75 Å². The molecule has 1 fully saturated rings. The van der Waals surface area contributed by atoms with Gasteiger partial charge in [0.15, 0.2) is 0 Å². The maximum absolute atomic E-state index is 12.8. The molecule has 2 heterocycles. The molecule has 1 aromatic heterocycles. The summed E-state index contributed by atoms with van der Waals surface area (Å²) < 4.78 is 5.10. The van der Waals surface area contributed by atoms with Gasteiger partial charge in [-0.2, -0.15) is 0 Å². The molecule has 1 aliphatic rings. The van der Waals surface area contributed by atoms with Gasteiger partial charge in [0, 0.05) is 25.2 Å². The molecule has 1 saturated heterocycles. The number of ether oxygens (including phenoxy) is 1. The first-order valence-electron chi connectivity index (χ1n) is 8.07. The summed E-state index contributed by atoms with van der Waals surface area (Å²) in [6.07, 6.45) is 3.00. The average molecular weight is 340 g/mol. The van der Waals surface area contributed by atoms with Crippen molar-refractivity contribution in [1.29, 1.82) is 0 Å². The fourth-order valence-electron chi connectivity index (χ4n) is 3.29. The van der Waals surface area contributed by atoms with Gasteiger partial charge in [0.2, 0.25) is 0 Å². The Morgan fingerprint density at radius 2 is 2.04 bits per heavy atom. The maximum Gasteiger partial charge on any atom is 0.308 e. The highest BCUT2D eigenvalue weighted by atomic mass is 16.5. The second-order valence-electron chi connectivity index (χ2n) is 6.29. The zero-order chi connectivity index (χ0) is 18.0. The molecule has 1 amide bonds. The van der Waals surface area contributed by atoms with Gasteiger partial charge >= 0.3 is 5.97 Å². The van der Waals surface area contributed by atoms with E-state index >= 15 is 0 Å². The number of pyridine rings is 1. The van der Waals surface area contributed by atoms with Gasteiger partial charge in [-0.3, -0.25) is 14.6 Å². The van der Waals surface area contributed by atoms with Gasteiger partial charge in [0.05, 0.1) is 24.8 Å². The molecule has 6 heteroatoms. The Labute approximate surface area is 146 Å². The average Bonchev–Trinajstić information content (AvgIpc) is 3.07. The van der Waals surface area contributed by atoms with Crippen LogP contribution in [0.4, 0.5) is 0 Å². The summed E-state index contributed by atoms with van der Waals surface area (Å²) in [7, 11) is 1.51. The van der Waals surface area contributed by atoms with Crippen molar-refractivity contribution in [3.05, 3.63) is 59.4 Å². The summed E-state index contributed by atoms with van der Waals surface area (Å²) >= 11 is 0. The van der Waals surface area contributed by atoms with Crippen LogP contribution in [0.2, 0.25) is 0 Å². The van der Waals surface area contributed by atoms with E-state index in [2.05, 4.69) is 4.98 Å². The van der Waals surface area contributed by atoms with Crippen LogP contribution in [0.15, 0.2) is 42.7 Å². The lowest BCUT2D eigenvalue weighted by Crippen LogP contribution is -2.30. The Morgan fingerprint density at radius 3 is 2.72 bits per heavy atom. The van der Waals surface area contributed by atoms with Crippen LogP contribution in [0, 0.1) is 12.8 Å². The van der Waals surface area contributed by atoms with Gasteiger partial charge in [-0.15, -0.1) is 0 Å². The van der Waals surface area contributed by atoms with Crippen molar-refractivity contribution >= 4 is 11.9 Å². The van der Waals surface area contributed by atoms with Crippen LogP contribution in [0.1, 0.15) is 27.4 Å². The van der Waals surface area contributed by atoms with E-state index in [0.29, 0.717) is 17.9 Å². The molecule has 2 aromatic rings. The number of amides is 1. The third-order valence-electron chi connectivity index (χ3n) is 4.59. The quantitative estimate of drug-likeness (QED) is 0.924. The van der Waals surface area contributed by atoms with Crippen molar-refractivity contribution in [2.45, 2.75) is 12.8 Å². The molecule has 6 nitrogen and oxygen atoms in total. The number of carboxylic acids is 1. The minimum Gasteiger partial charge on any atom is -0.495 e. The van der Waals surface area contributed by atoms with Gasteiger partial charge < -0.3 is 14.7 Å². The normalized spacial score (nSPS) is 19.7. The second-order valence-corrected chi connectivity index (χ2v) is 6.29. The molecule has 3 rings (SSSR count). The number of likely N-dealkylation sites (tertiary alicyclic amines) is 1. The van der Waals surface area contributed by atoms with Crippen LogP contribution in [0.25, 0.3) is 0 Å². The highest BCUT2D eigenvalue weighted by Crippen LogP contribution is 2.34. The standard InChI is InChI=1S/C19H20N2O4/c1-12-4-3-5-13(6-12)16-10-21(11-17(16)19(23)24)18(22)14-7-15(25-2)9-20-8-14/h3-9,16-17H,10-11H2,1-2H3,(H,23,24)/t16-,17+/m1/s1. The van der Waals surface area contributed by atoms with Gasteiger partial charge in [-0.25, -0.2) is 0 Å². The van der Waals surface area contributed by atoms with Crippen LogP contribution < -0.4 is 4.74 Å². The van der Waals surface area contributed by atoms with Crippen molar-refractivity contribution < 1.29 is 19.4 Å². The monoisotopic (exact) mass is 340 g/mol. The zero-order valence-corrected chi connectivity index (χ0v) is 14.2. The molecule has 0 saturated carbocycles. The molecule has 25 heavy (non-hydrogen) atoms. The van der Waals surface area contributed by atoms with E-state index in [9.17, 15) is 14.7 Å². The van der Waals surface area contributed by atoms with Crippen LogP contribution in [0.3, 0.4) is 0 Å². The highest BCUT2D eigenvalue weighted by molar-refractivity contribution is 5.95. The number of hydrogen-bond donors (Lipinski definition) is 1. The molecule has 0 aliphatic carbocycles. The zero-order valence-electron chi connectivity index (χ0n) is 14.2. The van der Waals surface area contributed by atoms with Gasteiger partial charge in [-0.05, 0) is 18.6 Å².